The minimum absolute atomic E-state index is 0.00452. The number of allylic oxidation sites excluding steroid dienone is 3. The highest BCUT2D eigenvalue weighted by molar-refractivity contribution is 6.31. The Morgan fingerprint density at radius 2 is 2.03 bits per heavy atom. The van der Waals surface area contributed by atoms with Gasteiger partial charge in [-0.3, -0.25) is 9.59 Å². The van der Waals surface area contributed by atoms with Crippen molar-refractivity contribution < 1.29 is 19.8 Å². The van der Waals surface area contributed by atoms with Crippen LogP contribution in [-0.2, 0) is 9.59 Å². The van der Waals surface area contributed by atoms with Gasteiger partial charge in [0, 0.05) is 27.9 Å². The van der Waals surface area contributed by atoms with Crippen molar-refractivity contribution >= 4 is 35.1 Å². The number of benzene rings is 1. The van der Waals surface area contributed by atoms with E-state index in [4.69, 9.17) is 23.2 Å². The first kappa shape index (κ1) is 25.3. The first-order valence-electron chi connectivity index (χ1n) is 12.2. The van der Waals surface area contributed by atoms with Crippen LogP contribution in [0.1, 0.15) is 63.9 Å². The number of aliphatic hydroxyl groups is 1. The molecule has 1 aliphatic heterocycles. The summed E-state index contributed by atoms with van der Waals surface area (Å²) < 4.78 is 0. The molecule has 0 bridgehead atoms. The summed E-state index contributed by atoms with van der Waals surface area (Å²) in [6, 6.07) is 7.07. The zero-order valence-electron chi connectivity index (χ0n) is 19.7. The summed E-state index contributed by atoms with van der Waals surface area (Å²) in [4.78, 5) is 28.0. The Bertz CT molecular complexity index is 1000. The third-order valence-electron chi connectivity index (χ3n) is 7.74. The lowest BCUT2D eigenvalue weighted by atomic mass is 9.65. The highest BCUT2D eigenvalue weighted by atomic mass is 35.5. The lowest BCUT2D eigenvalue weighted by molar-refractivity contribution is -0.165. The van der Waals surface area contributed by atoms with Crippen LogP contribution >= 0.6 is 23.2 Å². The van der Waals surface area contributed by atoms with E-state index in [1.54, 1.807) is 6.92 Å². The largest absolute Gasteiger partial charge is 0.481 e. The number of carboxylic acid groups (broad SMARTS) is 1. The smallest absolute Gasteiger partial charge is 0.304 e. The van der Waals surface area contributed by atoms with Gasteiger partial charge in [0.05, 0.1) is 24.0 Å². The molecule has 6 atom stereocenters. The minimum Gasteiger partial charge on any atom is -0.481 e. The van der Waals surface area contributed by atoms with Crippen molar-refractivity contribution in [2.45, 2.75) is 76.5 Å². The predicted molar refractivity (Wildman–Crippen MR) is 134 cm³/mol. The molecule has 0 aromatic heterocycles. The number of rotatable bonds is 8. The Kier molecular flexibility index (Phi) is 7.47. The van der Waals surface area contributed by atoms with E-state index >= 15 is 0 Å². The van der Waals surface area contributed by atoms with E-state index in [0.717, 1.165) is 18.4 Å². The molecule has 7 heteroatoms. The van der Waals surface area contributed by atoms with Crippen LogP contribution in [0, 0.1) is 17.3 Å². The number of aliphatic hydroxyl groups excluding tert-OH is 1. The molecular weight excluding hydrogens is 473 g/mol. The van der Waals surface area contributed by atoms with Crippen LogP contribution in [0.4, 0.5) is 0 Å². The van der Waals surface area contributed by atoms with E-state index in [1.165, 1.54) is 0 Å². The van der Waals surface area contributed by atoms with E-state index < -0.39 is 17.5 Å². The Morgan fingerprint density at radius 3 is 2.59 bits per heavy atom. The zero-order valence-corrected chi connectivity index (χ0v) is 21.2. The molecule has 2 aliphatic carbocycles. The van der Waals surface area contributed by atoms with E-state index in [-0.39, 0.29) is 42.2 Å². The fraction of sp³-hybridized carbons (Fsp3) is 0.556. The third kappa shape index (κ3) is 5.07. The van der Waals surface area contributed by atoms with Crippen LogP contribution in [0.2, 0.25) is 5.02 Å². The first-order chi connectivity index (χ1) is 16.1. The number of hydrogen-bond acceptors (Lipinski definition) is 3. The fourth-order valence-corrected chi connectivity index (χ4v) is 6.34. The number of hydrogen-bond donors (Lipinski definition) is 2. The molecule has 4 rings (SSSR count). The predicted octanol–water partition coefficient (Wildman–Crippen LogP) is 5.75. The molecule has 0 spiro atoms. The summed E-state index contributed by atoms with van der Waals surface area (Å²) in [5.41, 5.74) is -0.0943. The fourth-order valence-electron chi connectivity index (χ4n) is 5.98. The minimum atomic E-state index is -1.08. The van der Waals surface area contributed by atoms with Crippen molar-refractivity contribution in [3.63, 3.8) is 0 Å². The van der Waals surface area contributed by atoms with Gasteiger partial charge in [0.1, 0.15) is 0 Å². The molecule has 1 amide bonds. The molecule has 2 N–H and O–H groups in total. The number of carboxylic acids is 1. The van der Waals surface area contributed by atoms with Crippen molar-refractivity contribution in [3.8, 4) is 0 Å². The molecule has 5 nitrogen and oxygen atoms in total. The number of likely N-dealkylation sites (tertiary alicyclic amines) is 1. The van der Waals surface area contributed by atoms with E-state index in [9.17, 15) is 19.8 Å². The average molecular weight is 506 g/mol. The topological polar surface area (TPSA) is 77.8 Å². The van der Waals surface area contributed by atoms with Crippen LogP contribution in [0.25, 0.3) is 0 Å². The summed E-state index contributed by atoms with van der Waals surface area (Å²) >= 11 is 12.6. The molecule has 2 fully saturated rings. The lowest BCUT2D eigenvalue weighted by Crippen LogP contribution is -2.64. The highest BCUT2D eigenvalue weighted by Crippen LogP contribution is 2.52. The van der Waals surface area contributed by atoms with Gasteiger partial charge in [-0.15, -0.1) is 0 Å². The van der Waals surface area contributed by atoms with Crippen molar-refractivity contribution in [2.24, 2.45) is 17.3 Å². The molecule has 3 aliphatic rings. The summed E-state index contributed by atoms with van der Waals surface area (Å²) in [6.45, 7) is 3.69. The number of carbonyl (C=O) groups excluding carboxylic acids is 1. The van der Waals surface area contributed by atoms with Gasteiger partial charge in [-0.25, -0.2) is 0 Å². The molecule has 0 radical (unpaired) electrons. The number of carbonyl (C=O) groups is 2. The van der Waals surface area contributed by atoms with Crippen molar-refractivity contribution in [1.29, 1.82) is 0 Å². The van der Waals surface area contributed by atoms with Crippen LogP contribution < -0.4 is 0 Å². The van der Waals surface area contributed by atoms with Crippen LogP contribution in [0.3, 0.4) is 0 Å². The number of halogens is 2. The van der Waals surface area contributed by atoms with Gasteiger partial charge in [0.15, 0.2) is 0 Å². The molecule has 34 heavy (non-hydrogen) atoms. The van der Waals surface area contributed by atoms with E-state index in [1.807, 2.05) is 48.2 Å². The second-order valence-corrected chi connectivity index (χ2v) is 11.2. The zero-order chi connectivity index (χ0) is 24.6. The molecule has 184 valence electrons. The highest BCUT2D eigenvalue weighted by Gasteiger charge is 2.56. The summed E-state index contributed by atoms with van der Waals surface area (Å²) in [7, 11) is 0. The number of amides is 1. The summed E-state index contributed by atoms with van der Waals surface area (Å²) in [5, 5.41) is 22.1. The number of aliphatic carboxylic acids is 1. The number of nitrogens with zero attached hydrogens (tertiary/aromatic N) is 1. The Morgan fingerprint density at radius 1 is 1.29 bits per heavy atom. The maximum Gasteiger partial charge on any atom is 0.304 e. The summed E-state index contributed by atoms with van der Waals surface area (Å²) in [5.74, 6) is -1.08. The van der Waals surface area contributed by atoms with E-state index in [0.29, 0.717) is 29.3 Å². The van der Waals surface area contributed by atoms with E-state index in [2.05, 4.69) is 6.08 Å². The molecule has 1 aromatic carbocycles. The number of piperidine rings is 1. The molecule has 1 saturated carbocycles. The van der Waals surface area contributed by atoms with Gasteiger partial charge < -0.3 is 15.1 Å². The van der Waals surface area contributed by atoms with Crippen LogP contribution in [0.5, 0.6) is 0 Å². The van der Waals surface area contributed by atoms with Gasteiger partial charge in [-0.1, -0.05) is 61.3 Å². The quantitative estimate of drug-likeness (QED) is 0.471. The monoisotopic (exact) mass is 505 g/mol. The van der Waals surface area contributed by atoms with Gasteiger partial charge in [-0.2, -0.15) is 0 Å². The average Bonchev–Trinajstić information content (AvgIpc) is 3.62. The molecule has 1 saturated heterocycles. The molecule has 1 aromatic rings. The van der Waals surface area contributed by atoms with Crippen molar-refractivity contribution in [1.82, 2.24) is 4.90 Å². The Hall–Kier alpha value is -1.82. The maximum absolute atomic E-state index is 14.2. The standard InChI is InChI=1S/C27H33Cl2NO4/c1-3-22(31)25(17-7-8-17)30-24(16-9-11-19(28)12-10-16)21(18-5-4-6-20(29)13-18)14-27(2,26(30)34)15-23(32)33/h4-6,9,11-13,16-17,21-22,24-25,31H,3,7-8,10,14-15H2,1-2H3,(H,32,33)/t16?,21-,22-,24-,25?,27-/m1/s1. The van der Waals surface area contributed by atoms with Crippen LogP contribution in [0.15, 0.2) is 47.5 Å². The Balaban J connectivity index is 1.87. The normalized spacial score (nSPS) is 31.2. The Labute approximate surface area is 211 Å². The van der Waals surface area contributed by atoms with Crippen molar-refractivity contribution in [3.05, 3.63) is 58.1 Å². The lowest BCUT2D eigenvalue weighted by Gasteiger charge is -2.54. The first-order valence-corrected chi connectivity index (χ1v) is 12.9. The molecular formula is C27H33Cl2NO4. The second kappa shape index (κ2) is 10.0. The van der Waals surface area contributed by atoms with Crippen molar-refractivity contribution in [2.75, 3.05) is 0 Å². The third-order valence-corrected chi connectivity index (χ3v) is 8.25. The maximum atomic E-state index is 14.2. The summed E-state index contributed by atoms with van der Waals surface area (Å²) in [6.07, 6.45) is 8.52. The van der Waals surface area contributed by atoms with Gasteiger partial charge in [0.25, 0.3) is 0 Å². The molecule has 1 heterocycles. The van der Waals surface area contributed by atoms with Gasteiger partial charge in [-0.05, 0) is 61.8 Å². The van der Waals surface area contributed by atoms with Crippen LogP contribution in [-0.4, -0.2) is 45.2 Å². The van der Waals surface area contributed by atoms with Gasteiger partial charge in [0.2, 0.25) is 5.91 Å². The SMILES string of the molecule is CC[C@@H](O)C(C1CC1)N1C(=O)[C@@](C)(CC(=O)O)C[C@H](c2cccc(Cl)c2)[C@H]1C1C=CC(Cl)=CC1. The molecule has 2 unspecified atom stereocenters. The van der Waals surface area contributed by atoms with Gasteiger partial charge >= 0.3 is 5.97 Å². The second-order valence-electron chi connectivity index (χ2n) is 10.4.